The molecule has 0 saturated heterocycles. The SMILES string of the molecule is CCc1nsc(Br)c1N. The zero-order chi connectivity index (χ0) is 6.85. The molecule has 0 atom stereocenters. The van der Waals surface area contributed by atoms with Gasteiger partial charge in [0.25, 0.3) is 0 Å². The van der Waals surface area contributed by atoms with Crippen molar-refractivity contribution in [3.8, 4) is 0 Å². The summed E-state index contributed by atoms with van der Waals surface area (Å²) in [6, 6.07) is 0. The Morgan fingerprint density at radius 1 is 1.78 bits per heavy atom. The van der Waals surface area contributed by atoms with Crippen LogP contribution in [0, 0.1) is 0 Å². The van der Waals surface area contributed by atoms with E-state index >= 15 is 0 Å². The fraction of sp³-hybridized carbons (Fsp3) is 0.400. The third-order valence-corrected chi connectivity index (χ3v) is 2.65. The second-order valence-electron chi connectivity index (χ2n) is 1.67. The molecule has 1 aromatic heterocycles. The Kier molecular flexibility index (Phi) is 2.08. The monoisotopic (exact) mass is 206 g/mol. The lowest BCUT2D eigenvalue weighted by atomic mass is 10.3. The number of aryl methyl sites for hydroxylation is 1. The maximum absolute atomic E-state index is 5.61. The van der Waals surface area contributed by atoms with E-state index < -0.39 is 0 Å². The Morgan fingerprint density at radius 2 is 2.44 bits per heavy atom. The smallest absolute Gasteiger partial charge is 0.114 e. The van der Waals surface area contributed by atoms with Gasteiger partial charge in [-0.2, -0.15) is 4.37 Å². The highest BCUT2D eigenvalue weighted by Gasteiger charge is 2.04. The fourth-order valence-corrected chi connectivity index (χ4v) is 1.64. The third kappa shape index (κ3) is 1.24. The number of halogens is 1. The van der Waals surface area contributed by atoms with Gasteiger partial charge in [-0.15, -0.1) is 0 Å². The summed E-state index contributed by atoms with van der Waals surface area (Å²) in [4.78, 5) is 0. The van der Waals surface area contributed by atoms with Crippen LogP contribution < -0.4 is 5.73 Å². The number of nitrogens with zero attached hydrogens (tertiary/aromatic N) is 1. The Hall–Kier alpha value is -0.0900. The Morgan fingerprint density at radius 3 is 2.67 bits per heavy atom. The molecular formula is C5H7BrN2S. The Labute approximate surface area is 66.4 Å². The molecule has 0 radical (unpaired) electrons. The van der Waals surface area contributed by atoms with E-state index in [9.17, 15) is 0 Å². The minimum atomic E-state index is 0.794. The molecule has 0 saturated carbocycles. The van der Waals surface area contributed by atoms with Crippen molar-refractivity contribution in [2.45, 2.75) is 13.3 Å². The van der Waals surface area contributed by atoms with Gasteiger partial charge in [-0.05, 0) is 33.9 Å². The van der Waals surface area contributed by atoms with E-state index in [-0.39, 0.29) is 0 Å². The highest BCUT2D eigenvalue weighted by Crippen LogP contribution is 2.27. The fourth-order valence-electron chi connectivity index (χ4n) is 0.562. The molecule has 50 valence electrons. The van der Waals surface area contributed by atoms with Crippen molar-refractivity contribution in [1.29, 1.82) is 0 Å². The van der Waals surface area contributed by atoms with Gasteiger partial charge in [-0.25, -0.2) is 0 Å². The number of anilines is 1. The molecule has 1 heterocycles. The van der Waals surface area contributed by atoms with E-state index in [4.69, 9.17) is 5.73 Å². The molecule has 0 fully saturated rings. The summed E-state index contributed by atoms with van der Waals surface area (Å²) in [6.45, 7) is 2.04. The van der Waals surface area contributed by atoms with E-state index in [1.807, 2.05) is 6.92 Å². The van der Waals surface area contributed by atoms with Crippen LogP contribution in [0.25, 0.3) is 0 Å². The van der Waals surface area contributed by atoms with Gasteiger partial charge >= 0.3 is 0 Å². The summed E-state index contributed by atoms with van der Waals surface area (Å²) >= 11 is 4.69. The number of nitrogens with two attached hydrogens (primary N) is 1. The molecule has 2 nitrogen and oxygen atoms in total. The molecule has 2 N–H and O–H groups in total. The molecule has 1 rings (SSSR count). The number of nitrogen functional groups attached to an aromatic ring is 1. The van der Waals surface area contributed by atoms with Gasteiger partial charge in [0.15, 0.2) is 0 Å². The number of hydrogen-bond donors (Lipinski definition) is 1. The Bertz CT molecular complexity index is 209. The molecule has 1 aromatic rings. The quantitative estimate of drug-likeness (QED) is 0.765. The maximum Gasteiger partial charge on any atom is 0.114 e. The molecule has 0 unspecified atom stereocenters. The largest absolute Gasteiger partial charge is 0.396 e. The van der Waals surface area contributed by atoms with Gasteiger partial charge in [0, 0.05) is 0 Å². The molecule has 0 amide bonds. The topological polar surface area (TPSA) is 38.9 Å². The summed E-state index contributed by atoms with van der Waals surface area (Å²) in [5.74, 6) is 0. The van der Waals surface area contributed by atoms with Crippen LogP contribution in [0.15, 0.2) is 3.79 Å². The van der Waals surface area contributed by atoms with E-state index in [0.29, 0.717) is 0 Å². The van der Waals surface area contributed by atoms with E-state index in [0.717, 1.165) is 21.6 Å². The van der Waals surface area contributed by atoms with Crippen molar-refractivity contribution >= 4 is 33.1 Å². The van der Waals surface area contributed by atoms with Crippen LogP contribution in [-0.2, 0) is 6.42 Å². The van der Waals surface area contributed by atoms with Crippen LogP contribution in [0.4, 0.5) is 5.69 Å². The first kappa shape index (κ1) is 7.02. The van der Waals surface area contributed by atoms with Gasteiger partial charge < -0.3 is 5.73 Å². The summed E-state index contributed by atoms with van der Waals surface area (Å²) in [5, 5.41) is 0. The third-order valence-electron chi connectivity index (χ3n) is 1.09. The van der Waals surface area contributed by atoms with Crippen molar-refractivity contribution in [3.63, 3.8) is 0 Å². The number of hydrogen-bond acceptors (Lipinski definition) is 3. The van der Waals surface area contributed by atoms with Crippen LogP contribution >= 0.6 is 27.5 Å². The average Bonchev–Trinajstić information content (AvgIpc) is 2.15. The van der Waals surface area contributed by atoms with Gasteiger partial charge in [-0.3, -0.25) is 0 Å². The van der Waals surface area contributed by atoms with Gasteiger partial charge in [0.1, 0.15) is 3.79 Å². The van der Waals surface area contributed by atoms with Gasteiger partial charge in [0.2, 0.25) is 0 Å². The van der Waals surface area contributed by atoms with Gasteiger partial charge in [-0.1, -0.05) is 6.92 Å². The summed E-state index contributed by atoms with van der Waals surface area (Å²) < 4.78 is 5.05. The van der Waals surface area contributed by atoms with E-state index in [2.05, 4.69) is 20.3 Å². The molecule has 0 aliphatic rings. The lowest BCUT2D eigenvalue weighted by molar-refractivity contribution is 1.09. The zero-order valence-corrected chi connectivity index (χ0v) is 7.42. The molecule has 4 heteroatoms. The number of aromatic nitrogens is 1. The summed E-state index contributed by atoms with van der Waals surface area (Å²) in [7, 11) is 0. The first-order valence-electron chi connectivity index (χ1n) is 2.65. The first-order chi connectivity index (χ1) is 4.25. The molecule has 0 spiro atoms. The molecular weight excluding hydrogens is 200 g/mol. The molecule has 9 heavy (non-hydrogen) atoms. The highest BCUT2D eigenvalue weighted by molar-refractivity contribution is 9.11. The molecule has 0 aromatic carbocycles. The van der Waals surface area contributed by atoms with Crippen LogP contribution in [0.5, 0.6) is 0 Å². The van der Waals surface area contributed by atoms with Gasteiger partial charge in [0.05, 0.1) is 11.4 Å². The predicted octanol–water partition coefficient (Wildman–Crippen LogP) is 2.05. The second-order valence-corrected chi connectivity index (χ2v) is 3.76. The molecule has 0 aliphatic carbocycles. The predicted molar refractivity (Wildman–Crippen MR) is 43.6 cm³/mol. The molecule has 0 bridgehead atoms. The van der Waals surface area contributed by atoms with Crippen molar-refractivity contribution in [2.24, 2.45) is 0 Å². The maximum atomic E-state index is 5.61. The minimum Gasteiger partial charge on any atom is -0.396 e. The lowest BCUT2D eigenvalue weighted by Gasteiger charge is -1.88. The van der Waals surface area contributed by atoms with Crippen molar-refractivity contribution in [2.75, 3.05) is 5.73 Å². The lowest BCUT2D eigenvalue weighted by Crippen LogP contribution is -1.88. The van der Waals surface area contributed by atoms with E-state index in [1.165, 1.54) is 11.5 Å². The summed E-state index contributed by atoms with van der Waals surface area (Å²) in [5.41, 5.74) is 7.40. The van der Waals surface area contributed by atoms with E-state index in [1.54, 1.807) is 0 Å². The normalized spacial score (nSPS) is 10.0. The van der Waals surface area contributed by atoms with Crippen molar-refractivity contribution in [3.05, 3.63) is 9.48 Å². The standard InChI is InChI=1S/C5H7BrN2S/c1-2-3-4(7)5(6)9-8-3/h2,7H2,1H3. The van der Waals surface area contributed by atoms with Crippen LogP contribution in [-0.4, -0.2) is 4.37 Å². The Balaban J connectivity index is 3.04. The van der Waals surface area contributed by atoms with Crippen LogP contribution in [0.2, 0.25) is 0 Å². The van der Waals surface area contributed by atoms with Crippen molar-refractivity contribution in [1.82, 2.24) is 4.37 Å². The van der Waals surface area contributed by atoms with Crippen molar-refractivity contribution < 1.29 is 0 Å². The first-order valence-corrected chi connectivity index (χ1v) is 4.22. The van der Waals surface area contributed by atoms with Crippen LogP contribution in [0.1, 0.15) is 12.6 Å². The average molecular weight is 207 g/mol. The number of rotatable bonds is 1. The summed E-state index contributed by atoms with van der Waals surface area (Å²) in [6.07, 6.45) is 0.911. The zero-order valence-electron chi connectivity index (χ0n) is 5.02. The minimum absolute atomic E-state index is 0.794. The molecule has 0 aliphatic heterocycles. The van der Waals surface area contributed by atoms with Crippen LogP contribution in [0.3, 0.4) is 0 Å². The second kappa shape index (κ2) is 2.66. The highest BCUT2D eigenvalue weighted by atomic mass is 79.9.